The summed E-state index contributed by atoms with van der Waals surface area (Å²) >= 11 is 0. The van der Waals surface area contributed by atoms with Gasteiger partial charge >= 0.3 is 12.1 Å². The van der Waals surface area contributed by atoms with Gasteiger partial charge in [-0.05, 0) is 35.6 Å². The van der Waals surface area contributed by atoms with Crippen molar-refractivity contribution >= 4 is 23.7 Å². The molecule has 2 amide bonds. The molecule has 9 heteroatoms. The molecule has 1 aromatic heterocycles. The lowest BCUT2D eigenvalue weighted by atomic mass is 9.90. The topological polar surface area (TPSA) is 114 Å². The molecule has 1 aliphatic carbocycles. The highest BCUT2D eigenvalue weighted by Gasteiger charge is 2.43. The zero-order valence-corrected chi connectivity index (χ0v) is 19.5. The molecule has 5 rings (SSSR count). The van der Waals surface area contributed by atoms with Crippen LogP contribution in [0.2, 0.25) is 0 Å². The number of carbonyl (C=O) groups is 3. The smallest absolute Gasteiger partial charge is 0.411 e. The second-order valence-corrected chi connectivity index (χ2v) is 9.36. The zero-order valence-electron chi connectivity index (χ0n) is 19.5. The summed E-state index contributed by atoms with van der Waals surface area (Å²) in [5, 5.41) is 16.3. The Morgan fingerprint density at radius 1 is 1.11 bits per heavy atom. The molecule has 35 heavy (non-hydrogen) atoms. The molecule has 3 aromatic rings. The van der Waals surface area contributed by atoms with Crippen LogP contribution in [0, 0.1) is 5.41 Å². The van der Waals surface area contributed by atoms with Crippen molar-refractivity contribution in [3.8, 4) is 11.1 Å². The molecule has 0 saturated carbocycles. The summed E-state index contributed by atoms with van der Waals surface area (Å²) in [5.74, 6) is -1.45. The standard InChI is InChI=1S/C26H26N4O5/c1-26(24(32)33)11-12-30(15-26)23(31)22-21(13-29(2)28-22)27-25(34)35-14-20-18-9-5-3-7-16(18)17-8-4-6-10-19(17)20/h3-10,13,20H,11-12,14-15H2,1-2H3,(H,27,34)(H,32,33). The molecule has 0 spiro atoms. The van der Waals surface area contributed by atoms with E-state index in [4.69, 9.17) is 4.74 Å². The third-order valence-corrected chi connectivity index (χ3v) is 6.89. The van der Waals surface area contributed by atoms with E-state index in [0.29, 0.717) is 13.0 Å². The van der Waals surface area contributed by atoms with E-state index in [0.717, 1.165) is 22.3 Å². The number of aliphatic carboxylic acids is 1. The Balaban J connectivity index is 1.28. The molecule has 2 aromatic carbocycles. The van der Waals surface area contributed by atoms with Gasteiger partial charge in [0.2, 0.25) is 0 Å². The molecule has 1 saturated heterocycles. The first kappa shape index (κ1) is 22.6. The molecule has 0 bridgehead atoms. The van der Waals surface area contributed by atoms with Crippen LogP contribution in [0.3, 0.4) is 0 Å². The first-order valence-corrected chi connectivity index (χ1v) is 11.4. The predicted molar refractivity (Wildman–Crippen MR) is 128 cm³/mol. The Hall–Kier alpha value is -4.14. The third-order valence-electron chi connectivity index (χ3n) is 6.89. The van der Waals surface area contributed by atoms with Gasteiger partial charge < -0.3 is 14.7 Å². The quantitative estimate of drug-likeness (QED) is 0.583. The number of hydrogen-bond acceptors (Lipinski definition) is 5. The lowest BCUT2D eigenvalue weighted by molar-refractivity contribution is -0.147. The van der Waals surface area contributed by atoms with Crippen LogP contribution in [0.5, 0.6) is 0 Å². The summed E-state index contributed by atoms with van der Waals surface area (Å²) in [6, 6.07) is 16.1. The molecule has 1 fully saturated rings. The number of aromatic nitrogens is 2. The molecule has 2 heterocycles. The summed E-state index contributed by atoms with van der Waals surface area (Å²) in [6.07, 6.45) is 1.20. The van der Waals surface area contributed by atoms with Gasteiger partial charge in [0.1, 0.15) is 6.61 Å². The highest BCUT2D eigenvalue weighted by molar-refractivity contribution is 6.01. The monoisotopic (exact) mass is 474 g/mol. The van der Waals surface area contributed by atoms with E-state index in [9.17, 15) is 19.5 Å². The summed E-state index contributed by atoms with van der Waals surface area (Å²) in [7, 11) is 1.64. The van der Waals surface area contributed by atoms with E-state index in [-0.39, 0.29) is 30.5 Å². The van der Waals surface area contributed by atoms with Crippen molar-refractivity contribution in [3.05, 3.63) is 71.5 Å². The molecule has 1 unspecified atom stereocenters. The van der Waals surface area contributed by atoms with Crippen LogP contribution >= 0.6 is 0 Å². The highest BCUT2D eigenvalue weighted by atomic mass is 16.5. The number of amides is 2. The van der Waals surface area contributed by atoms with Gasteiger partial charge in [-0.2, -0.15) is 5.10 Å². The van der Waals surface area contributed by atoms with Crippen LogP contribution in [0.15, 0.2) is 54.7 Å². The van der Waals surface area contributed by atoms with Crippen molar-refractivity contribution in [2.24, 2.45) is 12.5 Å². The summed E-state index contributed by atoms with van der Waals surface area (Å²) in [6.45, 7) is 2.16. The second kappa shape index (κ2) is 8.57. The van der Waals surface area contributed by atoms with Crippen LogP contribution in [0.25, 0.3) is 11.1 Å². The van der Waals surface area contributed by atoms with Gasteiger partial charge in [-0.15, -0.1) is 0 Å². The Labute approximate surface area is 202 Å². The van der Waals surface area contributed by atoms with E-state index >= 15 is 0 Å². The number of nitrogens with one attached hydrogen (secondary N) is 1. The predicted octanol–water partition coefficient (Wildman–Crippen LogP) is 3.72. The van der Waals surface area contributed by atoms with Gasteiger partial charge in [0.15, 0.2) is 5.69 Å². The number of likely N-dealkylation sites (tertiary alicyclic amines) is 1. The Kier molecular flexibility index (Phi) is 5.55. The Bertz CT molecular complexity index is 1290. The normalized spacial score (nSPS) is 18.7. The average Bonchev–Trinajstić information content (AvgIpc) is 3.51. The van der Waals surface area contributed by atoms with Gasteiger partial charge in [-0.25, -0.2) is 4.79 Å². The maximum absolute atomic E-state index is 13.1. The number of benzene rings is 2. The average molecular weight is 475 g/mol. The van der Waals surface area contributed by atoms with Crippen molar-refractivity contribution in [2.75, 3.05) is 25.0 Å². The number of carbonyl (C=O) groups excluding carboxylic acids is 2. The lowest BCUT2D eigenvalue weighted by Gasteiger charge is -2.20. The summed E-state index contributed by atoms with van der Waals surface area (Å²) in [4.78, 5) is 38.8. The molecule has 1 atom stereocenters. The van der Waals surface area contributed by atoms with Crippen molar-refractivity contribution in [1.82, 2.24) is 14.7 Å². The minimum atomic E-state index is -0.995. The number of ether oxygens (including phenoxy) is 1. The van der Waals surface area contributed by atoms with Crippen molar-refractivity contribution < 1.29 is 24.2 Å². The number of aryl methyl sites for hydroxylation is 1. The largest absolute Gasteiger partial charge is 0.481 e. The van der Waals surface area contributed by atoms with Crippen molar-refractivity contribution in [3.63, 3.8) is 0 Å². The van der Waals surface area contributed by atoms with Crippen LogP contribution in [-0.2, 0) is 16.6 Å². The third kappa shape index (κ3) is 4.03. The Morgan fingerprint density at radius 3 is 2.34 bits per heavy atom. The molecule has 0 radical (unpaired) electrons. The van der Waals surface area contributed by atoms with E-state index in [2.05, 4.69) is 22.5 Å². The molecular weight excluding hydrogens is 448 g/mol. The first-order valence-electron chi connectivity index (χ1n) is 11.4. The molecule has 9 nitrogen and oxygen atoms in total. The minimum absolute atomic E-state index is 0.0515. The molecular formula is C26H26N4O5. The van der Waals surface area contributed by atoms with Crippen LogP contribution in [0.1, 0.15) is 40.9 Å². The van der Waals surface area contributed by atoms with Gasteiger partial charge in [0.05, 0.1) is 11.1 Å². The Morgan fingerprint density at radius 2 is 1.74 bits per heavy atom. The molecule has 2 N–H and O–H groups in total. The van der Waals surface area contributed by atoms with Crippen LogP contribution in [-0.4, -0.2) is 57.5 Å². The van der Waals surface area contributed by atoms with E-state index in [1.165, 1.54) is 15.8 Å². The SMILES string of the molecule is Cn1cc(NC(=O)OCC2c3ccccc3-c3ccccc32)c(C(=O)N2CCC(C)(C(=O)O)C2)n1. The van der Waals surface area contributed by atoms with Gasteiger partial charge in [0, 0.05) is 32.3 Å². The fourth-order valence-corrected chi connectivity index (χ4v) is 4.94. The maximum Gasteiger partial charge on any atom is 0.411 e. The van der Waals surface area contributed by atoms with Gasteiger partial charge in [-0.3, -0.25) is 19.6 Å². The van der Waals surface area contributed by atoms with Gasteiger partial charge in [0.25, 0.3) is 5.91 Å². The number of fused-ring (bicyclic) bond motifs is 3. The van der Waals surface area contributed by atoms with Gasteiger partial charge in [-0.1, -0.05) is 48.5 Å². The number of carboxylic acid groups (broad SMARTS) is 1. The minimum Gasteiger partial charge on any atom is -0.481 e. The summed E-state index contributed by atoms with van der Waals surface area (Å²) < 4.78 is 7.02. The summed E-state index contributed by atoms with van der Waals surface area (Å²) in [5.41, 5.74) is 3.76. The number of nitrogens with zero attached hydrogens (tertiary/aromatic N) is 3. The maximum atomic E-state index is 13.1. The number of carboxylic acids is 1. The van der Waals surface area contributed by atoms with Crippen molar-refractivity contribution in [1.29, 1.82) is 0 Å². The number of anilines is 1. The van der Waals surface area contributed by atoms with Crippen molar-refractivity contribution in [2.45, 2.75) is 19.3 Å². The number of rotatable bonds is 5. The van der Waals surface area contributed by atoms with E-state index in [1.54, 1.807) is 14.0 Å². The van der Waals surface area contributed by atoms with Crippen LogP contribution in [0.4, 0.5) is 10.5 Å². The number of hydrogen-bond donors (Lipinski definition) is 2. The lowest BCUT2D eigenvalue weighted by Crippen LogP contribution is -2.35. The van der Waals surface area contributed by atoms with Crippen LogP contribution < -0.4 is 5.32 Å². The highest BCUT2D eigenvalue weighted by Crippen LogP contribution is 2.44. The molecule has 1 aliphatic heterocycles. The fourth-order valence-electron chi connectivity index (χ4n) is 4.94. The second-order valence-electron chi connectivity index (χ2n) is 9.36. The first-order chi connectivity index (χ1) is 16.8. The zero-order chi connectivity index (χ0) is 24.7. The van der Waals surface area contributed by atoms with E-state index < -0.39 is 23.4 Å². The fraction of sp³-hybridized carbons (Fsp3) is 0.308. The van der Waals surface area contributed by atoms with E-state index in [1.807, 2.05) is 36.4 Å². The molecule has 180 valence electrons. The molecule has 2 aliphatic rings.